The van der Waals surface area contributed by atoms with E-state index in [0.29, 0.717) is 11.4 Å². The van der Waals surface area contributed by atoms with Gasteiger partial charge in [-0.05, 0) is 67.7 Å². The fourth-order valence-corrected chi connectivity index (χ4v) is 4.88. The maximum absolute atomic E-state index is 13.1. The minimum absolute atomic E-state index is 0.244. The summed E-state index contributed by atoms with van der Waals surface area (Å²) in [4.78, 5) is 26.7. The van der Waals surface area contributed by atoms with E-state index in [0.717, 1.165) is 60.6 Å². The molecular formula is C27H29N7O. The minimum Gasteiger partial charge on any atom is -0.356 e. The highest BCUT2D eigenvalue weighted by Gasteiger charge is 2.19. The predicted molar refractivity (Wildman–Crippen MR) is 137 cm³/mol. The molecule has 2 aliphatic heterocycles. The van der Waals surface area contributed by atoms with Gasteiger partial charge in [-0.3, -0.25) is 19.8 Å². The summed E-state index contributed by atoms with van der Waals surface area (Å²) in [5.74, 6) is 0.645. The van der Waals surface area contributed by atoms with Crippen molar-refractivity contribution in [3.63, 3.8) is 0 Å². The number of aromatic amines is 1. The van der Waals surface area contributed by atoms with E-state index >= 15 is 0 Å². The molecule has 0 aliphatic carbocycles. The third-order valence-electron chi connectivity index (χ3n) is 6.94. The zero-order valence-corrected chi connectivity index (χ0v) is 19.7. The first kappa shape index (κ1) is 21.7. The Bertz CT molecular complexity index is 1350. The van der Waals surface area contributed by atoms with Crippen molar-refractivity contribution in [2.45, 2.75) is 32.2 Å². The molecule has 0 unspecified atom stereocenters. The number of carbonyl (C=O) groups excluding carboxylic acids is 1. The minimum atomic E-state index is -0.244. The van der Waals surface area contributed by atoms with Gasteiger partial charge in [0.2, 0.25) is 0 Å². The second-order valence-electron chi connectivity index (χ2n) is 9.45. The van der Waals surface area contributed by atoms with Gasteiger partial charge < -0.3 is 10.2 Å². The summed E-state index contributed by atoms with van der Waals surface area (Å²) in [6.07, 6.45) is 10.6. The van der Waals surface area contributed by atoms with Crippen molar-refractivity contribution >= 4 is 28.3 Å². The van der Waals surface area contributed by atoms with Crippen LogP contribution in [0.1, 0.15) is 41.7 Å². The van der Waals surface area contributed by atoms with Gasteiger partial charge in [0.25, 0.3) is 5.91 Å². The molecule has 178 valence electrons. The average Bonchev–Trinajstić information content (AvgIpc) is 3.28. The van der Waals surface area contributed by atoms with Crippen molar-refractivity contribution < 1.29 is 4.79 Å². The van der Waals surface area contributed by atoms with Crippen LogP contribution in [0.5, 0.6) is 0 Å². The lowest BCUT2D eigenvalue weighted by Gasteiger charge is -2.32. The lowest BCUT2D eigenvalue weighted by Crippen LogP contribution is -2.37. The SMILES string of the molecule is O=C(Nc1ccnc(N2CCC2)c1)c1n[nH]c2ccc(-c3cncc(CN4CCCCC4)c3)cc12. The summed E-state index contributed by atoms with van der Waals surface area (Å²) in [7, 11) is 0. The van der Waals surface area contributed by atoms with Crippen LogP contribution in [0.15, 0.2) is 55.0 Å². The highest BCUT2D eigenvalue weighted by atomic mass is 16.1. The third-order valence-corrected chi connectivity index (χ3v) is 6.94. The molecule has 6 rings (SSSR count). The zero-order valence-electron chi connectivity index (χ0n) is 19.7. The Morgan fingerprint density at radius 3 is 2.66 bits per heavy atom. The molecule has 0 atom stereocenters. The van der Waals surface area contributed by atoms with Crippen LogP contribution in [0, 0.1) is 0 Å². The van der Waals surface area contributed by atoms with Crippen LogP contribution in [0.25, 0.3) is 22.0 Å². The maximum atomic E-state index is 13.1. The van der Waals surface area contributed by atoms with Crippen molar-refractivity contribution in [3.8, 4) is 11.1 Å². The van der Waals surface area contributed by atoms with Crippen LogP contribution in [-0.2, 0) is 6.54 Å². The van der Waals surface area contributed by atoms with Gasteiger partial charge in [0.1, 0.15) is 5.82 Å². The molecule has 1 amide bonds. The van der Waals surface area contributed by atoms with Gasteiger partial charge in [-0.1, -0.05) is 12.5 Å². The first-order chi connectivity index (χ1) is 17.2. The number of fused-ring (bicyclic) bond motifs is 1. The lowest BCUT2D eigenvalue weighted by atomic mass is 10.0. The summed E-state index contributed by atoms with van der Waals surface area (Å²) < 4.78 is 0. The average molecular weight is 468 g/mol. The van der Waals surface area contributed by atoms with Crippen LogP contribution in [0.3, 0.4) is 0 Å². The smallest absolute Gasteiger partial charge is 0.276 e. The van der Waals surface area contributed by atoms with E-state index in [1.165, 1.54) is 31.2 Å². The fourth-order valence-electron chi connectivity index (χ4n) is 4.88. The number of pyridine rings is 2. The Morgan fingerprint density at radius 2 is 1.83 bits per heavy atom. The summed E-state index contributed by atoms with van der Waals surface area (Å²) in [6, 6.07) is 12.0. The summed E-state index contributed by atoms with van der Waals surface area (Å²) in [5, 5.41) is 11.1. The molecule has 2 fully saturated rings. The standard InChI is InChI=1S/C27H29N7O/c35-27(30-22-7-8-29-25(15-22)34-11-4-12-34)26-23-14-20(5-6-24(23)31-32-26)21-13-19(16-28-17-21)18-33-9-2-1-3-10-33/h5-8,13-17H,1-4,9-12,18H2,(H,31,32)(H,29,30,35). The van der Waals surface area contributed by atoms with Gasteiger partial charge in [-0.2, -0.15) is 5.10 Å². The Labute approximate surface area is 204 Å². The molecule has 4 aromatic rings. The number of piperidine rings is 1. The molecule has 2 aliphatic rings. The number of benzene rings is 1. The number of amides is 1. The molecule has 0 bridgehead atoms. The van der Waals surface area contributed by atoms with Gasteiger partial charge in [0.05, 0.1) is 5.52 Å². The highest BCUT2D eigenvalue weighted by Crippen LogP contribution is 2.27. The van der Waals surface area contributed by atoms with Crippen molar-refractivity contribution in [1.82, 2.24) is 25.1 Å². The maximum Gasteiger partial charge on any atom is 0.276 e. The van der Waals surface area contributed by atoms with Gasteiger partial charge in [0.15, 0.2) is 5.69 Å². The normalized spacial score (nSPS) is 16.3. The number of nitrogens with one attached hydrogen (secondary N) is 2. The predicted octanol–water partition coefficient (Wildman–Crippen LogP) is 4.47. The van der Waals surface area contributed by atoms with E-state index in [4.69, 9.17) is 0 Å². The number of anilines is 2. The van der Waals surface area contributed by atoms with Crippen LogP contribution in [0.4, 0.5) is 11.5 Å². The summed E-state index contributed by atoms with van der Waals surface area (Å²) in [6.45, 7) is 5.24. The molecule has 1 aromatic carbocycles. The monoisotopic (exact) mass is 467 g/mol. The Kier molecular flexibility index (Phi) is 5.88. The largest absolute Gasteiger partial charge is 0.356 e. The molecule has 8 heteroatoms. The van der Waals surface area contributed by atoms with Crippen molar-refractivity contribution in [2.24, 2.45) is 0 Å². The van der Waals surface area contributed by atoms with Crippen molar-refractivity contribution in [1.29, 1.82) is 0 Å². The van der Waals surface area contributed by atoms with Crippen molar-refractivity contribution in [2.75, 3.05) is 36.4 Å². The number of carbonyl (C=O) groups is 1. The first-order valence-corrected chi connectivity index (χ1v) is 12.4. The number of likely N-dealkylation sites (tertiary alicyclic amines) is 1. The van der Waals surface area contributed by atoms with Crippen LogP contribution in [0.2, 0.25) is 0 Å². The van der Waals surface area contributed by atoms with Crippen LogP contribution in [-0.4, -0.2) is 57.2 Å². The highest BCUT2D eigenvalue weighted by molar-refractivity contribution is 6.11. The lowest BCUT2D eigenvalue weighted by molar-refractivity contribution is 0.102. The van der Waals surface area contributed by atoms with E-state index < -0.39 is 0 Å². The zero-order chi connectivity index (χ0) is 23.6. The van der Waals surface area contributed by atoms with Crippen LogP contribution >= 0.6 is 0 Å². The van der Waals surface area contributed by atoms with Gasteiger partial charge in [-0.15, -0.1) is 0 Å². The van der Waals surface area contributed by atoms with Gasteiger partial charge >= 0.3 is 0 Å². The number of hydrogen-bond acceptors (Lipinski definition) is 6. The van der Waals surface area contributed by atoms with E-state index in [1.807, 2.05) is 36.7 Å². The number of rotatable bonds is 6. The second-order valence-corrected chi connectivity index (χ2v) is 9.45. The van der Waals surface area contributed by atoms with Gasteiger partial charge in [-0.25, -0.2) is 4.98 Å². The number of nitrogens with zero attached hydrogens (tertiary/aromatic N) is 5. The summed E-state index contributed by atoms with van der Waals surface area (Å²) >= 11 is 0. The van der Waals surface area contributed by atoms with E-state index in [1.54, 1.807) is 12.3 Å². The molecule has 8 nitrogen and oxygen atoms in total. The topological polar surface area (TPSA) is 90.0 Å². The third kappa shape index (κ3) is 4.61. The number of H-pyrrole nitrogens is 1. The first-order valence-electron chi connectivity index (χ1n) is 12.4. The molecule has 0 saturated carbocycles. The molecule has 35 heavy (non-hydrogen) atoms. The van der Waals surface area contributed by atoms with Crippen LogP contribution < -0.4 is 10.2 Å². The summed E-state index contributed by atoms with van der Waals surface area (Å²) in [5.41, 5.74) is 5.19. The number of aromatic nitrogens is 4. The molecule has 2 N–H and O–H groups in total. The quantitative estimate of drug-likeness (QED) is 0.435. The molecule has 3 aromatic heterocycles. The molecular weight excluding hydrogens is 438 g/mol. The molecule has 0 spiro atoms. The molecule has 0 radical (unpaired) electrons. The van der Waals surface area contributed by atoms with Crippen molar-refractivity contribution in [3.05, 3.63) is 66.2 Å². The Hall–Kier alpha value is -3.78. The molecule has 5 heterocycles. The Morgan fingerprint density at radius 1 is 0.943 bits per heavy atom. The second kappa shape index (κ2) is 9.46. The molecule has 2 saturated heterocycles. The fraction of sp³-hybridized carbons (Fsp3) is 0.333. The van der Waals surface area contributed by atoms with E-state index in [-0.39, 0.29) is 5.91 Å². The Balaban J connectivity index is 1.24. The van der Waals surface area contributed by atoms with Gasteiger partial charge in [0, 0.05) is 60.9 Å². The number of hydrogen-bond donors (Lipinski definition) is 2. The van der Waals surface area contributed by atoms with E-state index in [2.05, 4.69) is 41.3 Å². The van der Waals surface area contributed by atoms with E-state index in [9.17, 15) is 4.79 Å².